The third kappa shape index (κ3) is 3.57. The number of nitrogens with one attached hydrogen (secondary N) is 1. The minimum atomic E-state index is -0.137. The summed E-state index contributed by atoms with van der Waals surface area (Å²) in [6.07, 6.45) is 0. The summed E-state index contributed by atoms with van der Waals surface area (Å²) in [5, 5.41) is 2.91. The molecule has 2 aromatic carbocycles. The Morgan fingerprint density at radius 1 is 1.24 bits per heavy atom. The Kier molecular flexibility index (Phi) is 4.61. The van der Waals surface area contributed by atoms with Gasteiger partial charge in [-0.15, -0.1) is 0 Å². The molecule has 0 saturated heterocycles. The van der Waals surface area contributed by atoms with Crippen molar-refractivity contribution in [2.45, 2.75) is 6.54 Å². The number of benzene rings is 2. The van der Waals surface area contributed by atoms with Crippen molar-refractivity contribution in [1.29, 1.82) is 0 Å². The van der Waals surface area contributed by atoms with Crippen molar-refractivity contribution < 1.29 is 14.3 Å². The Morgan fingerprint density at radius 2 is 2.04 bits per heavy atom. The van der Waals surface area contributed by atoms with Gasteiger partial charge in [-0.25, -0.2) is 0 Å². The van der Waals surface area contributed by atoms with Crippen LogP contribution < -0.4 is 19.9 Å². The maximum atomic E-state index is 12.4. The van der Waals surface area contributed by atoms with E-state index in [4.69, 9.17) is 4.74 Å². The Hall–Kier alpha value is -3.02. The molecule has 0 bridgehead atoms. The van der Waals surface area contributed by atoms with E-state index in [9.17, 15) is 9.59 Å². The molecule has 1 aliphatic rings. The molecule has 2 aromatic rings. The second kappa shape index (κ2) is 6.84. The second-order valence-electron chi connectivity index (χ2n) is 6.17. The zero-order valence-corrected chi connectivity index (χ0v) is 14.6. The maximum Gasteiger partial charge on any atom is 0.264 e. The van der Waals surface area contributed by atoms with E-state index >= 15 is 0 Å². The molecule has 1 N–H and O–H groups in total. The molecule has 0 aromatic heterocycles. The quantitative estimate of drug-likeness (QED) is 0.926. The molecule has 130 valence electrons. The fourth-order valence-electron chi connectivity index (χ4n) is 2.64. The molecule has 0 fully saturated rings. The lowest BCUT2D eigenvalue weighted by atomic mass is 10.1. The smallest absolute Gasteiger partial charge is 0.264 e. The summed E-state index contributed by atoms with van der Waals surface area (Å²) in [6, 6.07) is 13.0. The normalized spacial score (nSPS) is 13.1. The first-order valence-corrected chi connectivity index (χ1v) is 8.03. The number of hydrogen-bond donors (Lipinski definition) is 1. The number of ether oxygens (including phenoxy) is 1. The van der Waals surface area contributed by atoms with Gasteiger partial charge >= 0.3 is 0 Å². The van der Waals surface area contributed by atoms with Gasteiger partial charge in [0.15, 0.2) is 6.61 Å². The maximum absolute atomic E-state index is 12.4. The minimum absolute atomic E-state index is 0.0573. The van der Waals surface area contributed by atoms with Crippen molar-refractivity contribution in [3.05, 3.63) is 53.6 Å². The van der Waals surface area contributed by atoms with E-state index in [1.54, 1.807) is 18.0 Å². The van der Waals surface area contributed by atoms with Crippen molar-refractivity contribution in [3.63, 3.8) is 0 Å². The van der Waals surface area contributed by atoms with Crippen LogP contribution in [-0.2, 0) is 11.3 Å². The Labute approximate surface area is 147 Å². The van der Waals surface area contributed by atoms with Crippen LogP contribution in [0.5, 0.6) is 5.75 Å². The summed E-state index contributed by atoms with van der Waals surface area (Å²) in [5.41, 5.74) is 3.21. The van der Waals surface area contributed by atoms with Crippen LogP contribution >= 0.6 is 0 Å². The van der Waals surface area contributed by atoms with Crippen LogP contribution in [0.25, 0.3) is 0 Å². The molecule has 0 unspecified atom stereocenters. The van der Waals surface area contributed by atoms with E-state index in [1.807, 2.05) is 55.4 Å². The molecule has 25 heavy (non-hydrogen) atoms. The highest BCUT2D eigenvalue weighted by Gasteiger charge is 2.22. The fourth-order valence-corrected chi connectivity index (χ4v) is 2.64. The van der Waals surface area contributed by atoms with Crippen molar-refractivity contribution in [1.82, 2.24) is 5.32 Å². The number of fused-ring (bicyclic) bond motifs is 1. The first-order chi connectivity index (χ1) is 12.0. The number of carbonyl (C=O) groups excluding carboxylic acids is 2. The van der Waals surface area contributed by atoms with Crippen molar-refractivity contribution in [3.8, 4) is 5.75 Å². The van der Waals surface area contributed by atoms with Gasteiger partial charge in [-0.1, -0.05) is 12.1 Å². The third-order valence-corrected chi connectivity index (χ3v) is 4.19. The molecular formula is C19H21N3O3. The third-order valence-electron chi connectivity index (χ3n) is 4.19. The number of rotatable bonds is 4. The van der Waals surface area contributed by atoms with Crippen LogP contribution in [0, 0.1) is 0 Å². The van der Waals surface area contributed by atoms with Crippen molar-refractivity contribution >= 4 is 23.2 Å². The van der Waals surface area contributed by atoms with E-state index in [2.05, 4.69) is 5.32 Å². The van der Waals surface area contributed by atoms with Gasteiger partial charge in [0.05, 0.1) is 5.69 Å². The van der Waals surface area contributed by atoms with Crippen LogP contribution in [0.2, 0.25) is 0 Å². The van der Waals surface area contributed by atoms with Gasteiger partial charge in [-0.05, 0) is 35.9 Å². The van der Waals surface area contributed by atoms with Gasteiger partial charge in [0.25, 0.3) is 11.8 Å². The molecule has 0 aliphatic carbocycles. The van der Waals surface area contributed by atoms with Gasteiger partial charge in [-0.2, -0.15) is 0 Å². The molecule has 2 amide bonds. The zero-order valence-electron chi connectivity index (χ0n) is 14.6. The predicted octanol–water partition coefficient (Wildman–Crippen LogP) is 2.04. The molecule has 6 heteroatoms. The average molecular weight is 339 g/mol. The summed E-state index contributed by atoms with van der Waals surface area (Å²) in [5.74, 6) is 0.451. The lowest BCUT2D eigenvalue weighted by molar-refractivity contribution is -0.120. The highest BCUT2D eigenvalue weighted by molar-refractivity contribution is 5.97. The summed E-state index contributed by atoms with van der Waals surface area (Å²) >= 11 is 0. The van der Waals surface area contributed by atoms with Crippen molar-refractivity contribution in [2.75, 3.05) is 37.5 Å². The lowest BCUT2D eigenvalue weighted by Gasteiger charge is -2.26. The van der Waals surface area contributed by atoms with Gasteiger partial charge < -0.3 is 19.9 Å². The first-order valence-electron chi connectivity index (χ1n) is 8.03. The summed E-state index contributed by atoms with van der Waals surface area (Å²) in [7, 11) is 5.59. The second-order valence-corrected chi connectivity index (χ2v) is 6.17. The van der Waals surface area contributed by atoms with E-state index in [1.165, 1.54) is 0 Å². The van der Waals surface area contributed by atoms with Crippen LogP contribution in [-0.4, -0.2) is 39.6 Å². The lowest BCUT2D eigenvalue weighted by Crippen LogP contribution is -2.35. The molecule has 0 radical (unpaired) electrons. The van der Waals surface area contributed by atoms with Gasteiger partial charge in [0.1, 0.15) is 5.75 Å². The van der Waals surface area contributed by atoms with Gasteiger partial charge in [-0.3, -0.25) is 9.59 Å². The van der Waals surface area contributed by atoms with Gasteiger partial charge in [0.2, 0.25) is 0 Å². The average Bonchev–Trinajstić information content (AvgIpc) is 2.63. The number of nitrogens with zero attached hydrogens (tertiary/aromatic N) is 2. The van der Waals surface area contributed by atoms with Crippen LogP contribution in [0.4, 0.5) is 11.4 Å². The molecule has 0 saturated carbocycles. The molecule has 1 aliphatic heterocycles. The SMILES string of the molecule is CN(C)c1cccc(C(=O)NCc2ccc3c(c2)N(C)C(=O)CO3)c1. The highest BCUT2D eigenvalue weighted by atomic mass is 16.5. The number of amides is 2. The zero-order chi connectivity index (χ0) is 18.0. The largest absolute Gasteiger partial charge is 0.482 e. The van der Waals surface area contributed by atoms with E-state index in [-0.39, 0.29) is 18.4 Å². The molecule has 1 heterocycles. The standard InChI is InChI=1S/C19H21N3O3/c1-21(2)15-6-4-5-14(10-15)19(24)20-11-13-7-8-17-16(9-13)22(3)18(23)12-25-17/h4-10H,11-12H2,1-3H3,(H,20,24). The molecular weight excluding hydrogens is 318 g/mol. The Balaban J connectivity index is 1.71. The Morgan fingerprint density at radius 3 is 2.80 bits per heavy atom. The van der Waals surface area contributed by atoms with Gasteiger partial charge in [0, 0.05) is 38.9 Å². The molecule has 0 spiro atoms. The molecule has 6 nitrogen and oxygen atoms in total. The summed E-state index contributed by atoms with van der Waals surface area (Å²) in [6.45, 7) is 0.433. The fraction of sp³-hybridized carbons (Fsp3) is 0.263. The van der Waals surface area contributed by atoms with Crippen LogP contribution in [0.3, 0.4) is 0 Å². The van der Waals surface area contributed by atoms with Crippen LogP contribution in [0.15, 0.2) is 42.5 Å². The summed E-state index contributed by atoms with van der Waals surface area (Å²) < 4.78 is 5.41. The van der Waals surface area contributed by atoms with Crippen molar-refractivity contribution in [2.24, 2.45) is 0 Å². The Bertz CT molecular complexity index is 817. The van der Waals surface area contributed by atoms with E-state index < -0.39 is 0 Å². The number of likely N-dealkylation sites (N-methyl/N-ethyl adjacent to an activating group) is 1. The van der Waals surface area contributed by atoms with E-state index in [0.717, 1.165) is 16.9 Å². The first kappa shape index (κ1) is 16.8. The number of hydrogen-bond acceptors (Lipinski definition) is 4. The number of anilines is 2. The monoisotopic (exact) mass is 339 g/mol. The predicted molar refractivity (Wildman–Crippen MR) is 97.3 cm³/mol. The van der Waals surface area contributed by atoms with E-state index in [0.29, 0.717) is 17.9 Å². The number of carbonyl (C=O) groups is 2. The highest BCUT2D eigenvalue weighted by Crippen LogP contribution is 2.31. The van der Waals surface area contributed by atoms with Crippen LogP contribution in [0.1, 0.15) is 15.9 Å². The minimum Gasteiger partial charge on any atom is -0.482 e. The topological polar surface area (TPSA) is 61.9 Å². The molecule has 0 atom stereocenters. The summed E-state index contributed by atoms with van der Waals surface area (Å²) in [4.78, 5) is 27.6. The molecule has 3 rings (SSSR count).